The average molecular weight is 478 g/mol. The van der Waals surface area contributed by atoms with E-state index in [1.165, 1.54) is 0 Å². The SMILES string of the molecule is CCN1CCN(c2nc(C(C)(O)c3ccc(OC)cc3)c3c4c(cccc24)OC(=O)C(=O)O3)CC1. The zero-order chi connectivity index (χ0) is 24.7. The minimum absolute atomic E-state index is 0.0169. The molecule has 0 bridgehead atoms. The molecule has 1 saturated heterocycles. The minimum atomic E-state index is -1.66. The highest BCUT2D eigenvalue weighted by Gasteiger charge is 2.38. The summed E-state index contributed by atoms with van der Waals surface area (Å²) in [7, 11) is 1.56. The van der Waals surface area contributed by atoms with Crippen LogP contribution >= 0.6 is 0 Å². The van der Waals surface area contributed by atoms with Gasteiger partial charge in [-0.05, 0) is 37.2 Å². The molecule has 0 radical (unpaired) electrons. The van der Waals surface area contributed by atoms with E-state index in [0.717, 1.165) is 32.7 Å². The van der Waals surface area contributed by atoms with Crippen molar-refractivity contribution in [2.75, 3.05) is 44.7 Å². The molecule has 2 aromatic carbocycles. The van der Waals surface area contributed by atoms with Gasteiger partial charge in [-0.3, -0.25) is 0 Å². The van der Waals surface area contributed by atoms with Gasteiger partial charge in [0, 0.05) is 31.6 Å². The number of pyridine rings is 1. The maximum absolute atomic E-state index is 12.4. The maximum atomic E-state index is 12.4. The molecule has 1 unspecified atom stereocenters. The Bertz CT molecular complexity index is 1300. The molecule has 0 spiro atoms. The Morgan fingerprint density at radius 3 is 2.37 bits per heavy atom. The number of anilines is 1. The number of carbonyl (C=O) groups excluding carboxylic acids is 2. The van der Waals surface area contributed by atoms with Crippen molar-refractivity contribution >= 4 is 28.5 Å². The van der Waals surface area contributed by atoms with Crippen LogP contribution in [0.4, 0.5) is 5.82 Å². The molecule has 3 aromatic rings. The van der Waals surface area contributed by atoms with E-state index in [0.29, 0.717) is 27.9 Å². The van der Waals surface area contributed by atoms with Gasteiger partial charge >= 0.3 is 11.9 Å². The molecule has 182 valence electrons. The van der Waals surface area contributed by atoms with Crippen molar-refractivity contribution < 1.29 is 28.9 Å². The molecule has 0 amide bonds. The van der Waals surface area contributed by atoms with Gasteiger partial charge in [0.15, 0.2) is 5.75 Å². The molecule has 35 heavy (non-hydrogen) atoms. The van der Waals surface area contributed by atoms with Gasteiger partial charge in [0.05, 0.1) is 12.5 Å². The average Bonchev–Trinajstić information content (AvgIpc) is 3.01. The van der Waals surface area contributed by atoms with Gasteiger partial charge in [-0.2, -0.15) is 0 Å². The number of aromatic nitrogens is 1. The van der Waals surface area contributed by atoms with Crippen LogP contribution in [0.25, 0.3) is 10.8 Å². The lowest BCUT2D eigenvalue weighted by molar-refractivity contribution is -0.155. The van der Waals surface area contributed by atoms with E-state index in [2.05, 4.69) is 16.7 Å². The minimum Gasteiger partial charge on any atom is -0.497 e. The van der Waals surface area contributed by atoms with Crippen LogP contribution in [0.2, 0.25) is 0 Å². The van der Waals surface area contributed by atoms with E-state index in [1.54, 1.807) is 50.4 Å². The first kappa shape index (κ1) is 23.1. The number of esters is 2. The zero-order valence-corrected chi connectivity index (χ0v) is 19.9. The molecular weight excluding hydrogens is 450 g/mol. The van der Waals surface area contributed by atoms with Crippen LogP contribution in [0.1, 0.15) is 25.1 Å². The maximum Gasteiger partial charge on any atom is 0.423 e. The van der Waals surface area contributed by atoms with Crippen molar-refractivity contribution in [1.29, 1.82) is 0 Å². The Hall–Kier alpha value is -3.69. The molecule has 9 nitrogen and oxygen atoms in total. The number of methoxy groups -OCH3 is 1. The summed E-state index contributed by atoms with van der Waals surface area (Å²) in [4.78, 5) is 34.1. The number of carbonyl (C=O) groups is 2. The number of ether oxygens (including phenoxy) is 3. The first-order chi connectivity index (χ1) is 16.8. The molecule has 5 rings (SSSR count). The molecule has 3 heterocycles. The molecule has 1 aromatic heterocycles. The molecule has 1 N–H and O–H groups in total. The fourth-order valence-corrected chi connectivity index (χ4v) is 4.65. The van der Waals surface area contributed by atoms with Crippen molar-refractivity contribution in [3.05, 3.63) is 53.7 Å². The monoisotopic (exact) mass is 477 g/mol. The van der Waals surface area contributed by atoms with Gasteiger partial charge in [0.25, 0.3) is 0 Å². The van der Waals surface area contributed by atoms with Gasteiger partial charge in [-0.1, -0.05) is 31.2 Å². The van der Waals surface area contributed by atoms with E-state index in [-0.39, 0.29) is 17.2 Å². The smallest absolute Gasteiger partial charge is 0.423 e. The number of piperazine rings is 1. The number of aliphatic hydroxyl groups is 1. The Morgan fingerprint density at radius 1 is 1.03 bits per heavy atom. The quantitative estimate of drug-likeness (QED) is 0.337. The zero-order valence-electron chi connectivity index (χ0n) is 19.9. The van der Waals surface area contributed by atoms with Crippen molar-refractivity contribution in [1.82, 2.24) is 9.88 Å². The predicted molar refractivity (Wildman–Crippen MR) is 129 cm³/mol. The molecule has 2 aliphatic rings. The summed E-state index contributed by atoms with van der Waals surface area (Å²) in [6.45, 7) is 7.90. The van der Waals surface area contributed by atoms with E-state index in [1.807, 2.05) is 6.07 Å². The van der Waals surface area contributed by atoms with E-state index in [4.69, 9.17) is 19.2 Å². The van der Waals surface area contributed by atoms with E-state index >= 15 is 0 Å². The lowest BCUT2D eigenvalue weighted by Crippen LogP contribution is -2.46. The molecule has 1 fully saturated rings. The third kappa shape index (κ3) is 3.96. The summed E-state index contributed by atoms with van der Waals surface area (Å²) in [5.41, 5.74) is -1.01. The fourth-order valence-electron chi connectivity index (χ4n) is 4.65. The van der Waals surface area contributed by atoms with Crippen LogP contribution in [0.15, 0.2) is 42.5 Å². The lowest BCUT2D eigenvalue weighted by atomic mass is 9.89. The second kappa shape index (κ2) is 8.83. The molecular formula is C26H27N3O6. The molecule has 9 heteroatoms. The number of hydrogen-bond acceptors (Lipinski definition) is 9. The highest BCUT2D eigenvalue weighted by molar-refractivity contribution is 6.32. The molecule has 0 saturated carbocycles. The van der Waals surface area contributed by atoms with Gasteiger partial charge in [0.1, 0.15) is 28.6 Å². The van der Waals surface area contributed by atoms with Gasteiger partial charge < -0.3 is 29.1 Å². The second-order valence-corrected chi connectivity index (χ2v) is 8.79. The van der Waals surface area contributed by atoms with Gasteiger partial charge in [0.2, 0.25) is 0 Å². The summed E-state index contributed by atoms with van der Waals surface area (Å²) in [6.07, 6.45) is 0. The van der Waals surface area contributed by atoms with Crippen molar-refractivity contribution in [2.45, 2.75) is 19.4 Å². The largest absolute Gasteiger partial charge is 0.497 e. The third-order valence-electron chi connectivity index (χ3n) is 6.72. The van der Waals surface area contributed by atoms with Crippen molar-refractivity contribution in [3.8, 4) is 17.2 Å². The highest BCUT2D eigenvalue weighted by Crippen LogP contribution is 2.46. The predicted octanol–water partition coefficient (Wildman–Crippen LogP) is 2.47. The Morgan fingerprint density at radius 2 is 1.71 bits per heavy atom. The van der Waals surface area contributed by atoms with Gasteiger partial charge in [-0.15, -0.1) is 0 Å². The molecule has 2 aliphatic heterocycles. The summed E-state index contributed by atoms with van der Waals surface area (Å²) in [5.74, 6) is -0.808. The number of likely N-dealkylation sites (N-methyl/N-ethyl adjacent to an activating group) is 1. The highest BCUT2D eigenvalue weighted by atomic mass is 16.6. The Balaban J connectivity index is 1.74. The van der Waals surface area contributed by atoms with Crippen LogP contribution in [0.3, 0.4) is 0 Å². The Kier molecular flexibility index (Phi) is 5.82. The number of nitrogens with zero attached hydrogens (tertiary/aromatic N) is 3. The lowest BCUT2D eigenvalue weighted by Gasteiger charge is -2.36. The summed E-state index contributed by atoms with van der Waals surface area (Å²) in [5, 5.41) is 12.9. The van der Waals surface area contributed by atoms with Crippen LogP contribution in [0, 0.1) is 0 Å². The van der Waals surface area contributed by atoms with E-state index < -0.39 is 17.5 Å². The topological polar surface area (TPSA) is 101 Å². The summed E-state index contributed by atoms with van der Waals surface area (Å²) < 4.78 is 16.1. The fraction of sp³-hybridized carbons (Fsp3) is 0.346. The second-order valence-electron chi connectivity index (χ2n) is 8.79. The van der Waals surface area contributed by atoms with Gasteiger partial charge in [-0.25, -0.2) is 14.6 Å². The number of benzene rings is 2. The third-order valence-corrected chi connectivity index (χ3v) is 6.72. The summed E-state index contributed by atoms with van der Waals surface area (Å²) >= 11 is 0. The van der Waals surface area contributed by atoms with Crippen LogP contribution in [-0.4, -0.2) is 66.8 Å². The normalized spacial score (nSPS) is 18.0. The standard InChI is InChI=1S/C26H27N3O6/c1-4-28-12-14-29(15-13-28)23-18-6-5-7-19-20(18)21(35-25(31)24(30)34-19)22(27-23)26(2,32)16-8-10-17(33-3)11-9-16/h5-11,32H,4,12-15H2,1-3H3. The summed E-state index contributed by atoms with van der Waals surface area (Å²) in [6, 6.07) is 12.1. The van der Waals surface area contributed by atoms with Crippen LogP contribution in [-0.2, 0) is 15.2 Å². The molecule has 1 atom stereocenters. The van der Waals surface area contributed by atoms with Crippen molar-refractivity contribution in [2.24, 2.45) is 0 Å². The van der Waals surface area contributed by atoms with Crippen molar-refractivity contribution in [3.63, 3.8) is 0 Å². The van der Waals surface area contributed by atoms with Crippen LogP contribution < -0.4 is 19.1 Å². The number of hydrogen-bond donors (Lipinski definition) is 1. The first-order valence-corrected chi connectivity index (χ1v) is 11.6. The van der Waals surface area contributed by atoms with E-state index in [9.17, 15) is 14.7 Å². The first-order valence-electron chi connectivity index (χ1n) is 11.6. The Labute approximate surface area is 202 Å². The molecule has 0 aliphatic carbocycles. The van der Waals surface area contributed by atoms with Crippen LogP contribution in [0.5, 0.6) is 17.2 Å². The number of rotatable bonds is 5.